The van der Waals surface area contributed by atoms with Crippen molar-refractivity contribution in [2.75, 3.05) is 7.11 Å². The van der Waals surface area contributed by atoms with Gasteiger partial charge in [0.05, 0.1) is 7.11 Å². The van der Waals surface area contributed by atoms with Gasteiger partial charge >= 0.3 is 0 Å². The molecule has 0 spiro atoms. The van der Waals surface area contributed by atoms with Gasteiger partial charge in [-0.2, -0.15) is 0 Å². The molecule has 1 aromatic carbocycles. The van der Waals surface area contributed by atoms with Crippen molar-refractivity contribution in [3.05, 3.63) is 47.1 Å². The van der Waals surface area contributed by atoms with Crippen LogP contribution in [0.5, 0.6) is 5.75 Å². The fourth-order valence-electron chi connectivity index (χ4n) is 1.98. The van der Waals surface area contributed by atoms with Gasteiger partial charge < -0.3 is 4.74 Å². The number of carbonyl (C=O) groups excluding carboxylic acids is 1. The number of hydrogen-bond acceptors (Lipinski definition) is 2. The van der Waals surface area contributed by atoms with E-state index < -0.39 is 0 Å². The predicted molar refractivity (Wildman–Crippen MR) is 64.7 cm³/mol. The summed E-state index contributed by atoms with van der Waals surface area (Å²) >= 11 is 0. The number of allylic oxidation sites excluding steroid dienone is 4. The Labute approximate surface area is 95.2 Å². The highest BCUT2D eigenvalue weighted by Gasteiger charge is 2.12. The zero-order valence-electron chi connectivity index (χ0n) is 9.49. The van der Waals surface area contributed by atoms with Crippen LogP contribution in [-0.2, 0) is 0 Å². The molecule has 2 nitrogen and oxygen atoms in total. The molecule has 1 aliphatic rings. The molecule has 0 radical (unpaired) electrons. The fourth-order valence-corrected chi connectivity index (χ4v) is 1.98. The third-order valence-corrected chi connectivity index (χ3v) is 2.88. The second kappa shape index (κ2) is 4.35. The van der Waals surface area contributed by atoms with E-state index in [1.807, 2.05) is 12.1 Å². The number of methoxy groups -OCH3 is 1. The van der Waals surface area contributed by atoms with Crippen molar-refractivity contribution in [3.63, 3.8) is 0 Å². The highest BCUT2D eigenvalue weighted by atomic mass is 16.5. The molecule has 0 saturated heterocycles. The first-order valence-corrected chi connectivity index (χ1v) is 5.26. The molecular weight excluding hydrogens is 200 g/mol. The highest BCUT2D eigenvalue weighted by molar-refractivity contribution is 5.88. The summed E-state index contributed by atoms with van der Waals surface area (Å²) in [5.74, 6) is 0.718. The Hall–Kier alpha value is -1.83. The first-order valence-electron chi connectivity index (χ1n) is 5.26. The van der Waals surface area contributed by atoms with Gasteiger partial charge in [0.15, 0.2) is 6.29 Å². The molecule has 0 aromatic heterocycles. The molecule has 0 N–H and O–H groups in total. The number of hydrogen-bond donors (Lipinski definition) is 0. The first-order chi connectivity index (χ1) is 7.76. The summed E-state index contributed by atoms with van der Waals surface area (Å²) in [5.41, 5.74) is 4.16. The quantitative estimate of drug-likeness (QED) is 0.722. The van der Waals surface area contributed by atoms with E-state index in [9.17, 15) is 4.79 Å². The van der Waals surface area contributed by atoms with E-state index in [0.29, 0.717) is 5.56 Å². The van der Waals surface area contributed by atoms with E-state index in [4.69, 9.17) is 4.74 Å². The van der Waals surface area contributed by atoms with Gasteiger partial charge in [0.2, 0.25) is 0 Å². The molecule has 2 heteroatoms. The Kier molecular flexibility index (Phi) is 2.91. The molecule has 16 heavy (non-hydrogen) atoms. The highest BCUT2D eigenvalue weighted by Crippen LogP contribution is 2.31. The van der Waals surface area contributed by atoms with E-state index in [2.05, 4.69) is 19.1 Å². The van der Waals surface area contributed by atoms with E-state index >= 15 is 0 Å². The van der Waals surface area contributed by atoms with Gasteiger partial charge in [-0.3, -0.25) is 4.79 Å². The SMILES string of the molecule is COc1ccc(C2=C(C)C=CC2)c(C=O)c1. The lowest BCUT2D eigenvalue weighted by molar-refractivity contribution is 0.112. The number of rotatable bonds is 3. The summed E-state index contributed by atoms with van der Waals surface area (Å²) < 4.78 is 5.11. The van der Waals surface area contributed by atoms with Crippen LogP contribution in [-0.4, -0.2) is 13.4 Å². The summed E-state index contributed by atoms with van der Waals surface area (Å²) in [6.07, 6.45) is 5.99. The standard InChI is InChI=1S/C14H14O2/c1-10-4-3-5-13(10)14-7-6-12(16-2)8-11(14)9-15/h3-4,6-9H,5H2,1-2H3. The van der Waals surface area contributed by atoms with Gasteiger partial charge in [0.25, 0.3) is 0 Å². The lowest BCUT2D eigenvalue weighted by Crippen LogP contribution is -1.94. The van der Waals surface area contributed by atoms with E-state index in [0.717, 1.165) is 24.0 Å². The second-order valence-electron chi connectivity index (χ2n) is 3.84. The lowest BCUT2D eigenvalue weighted by Gasteiger charge is -2.09. The Balaban J connectivity index is 2.49. The molecular formula is C14H14O2. The molecule has 0 atom stereocenters. The predicted octanol–water partition coefficient (Wildman–Crippen LogP) is 3.24. The van der Waals surface area contributed by atoms with Crippen LogP contribution in [0.3, 0.4) is 0 Å². The fraction of sp³-hybridized carbons (Fsp3) is 0.214. The topological polar surface area (TPSA) is 26.3 Å². The summed E-state index contributed by atoms with van der Waals surface area (Å²) in [4.78, 5) is 11.1. The Morgan fingerprint density at radius 1 is 1.38 bits per heavy atom. The van der Waals surface area contributed by atoms with Gasteiger partial charge in [0, 0.05) is 5.56 Å². The lowest BCUT2D eigenvalue weighted by atomic mass is 9.97. The maximum atomic E-state index is 11.1. The Bertz CT molecular complexity index is 482. The first kappa shape index (κ1) is 10.7. The summed E-state index contributed by atoms with van der Waals surface area (Å²) in [6, 6.07) is 5.62. The normalized spacial score (nSPS) is 14.4. The van der Waals surface area contributed by atoms with E-state index in [1.54, 1.807) is 13.2 Å². The molecule has 0 amide bonds. The minimum Gasteiger partial charge on any atom is -0.497 e. The third kappa shape index (κ3) is 1.78. The van der Waals surface area contributed by atoms with Crippen molar-refractivity contribution in [1.29, 1.82) is 0 Å². The smallest absolute Gasteiger partial charge is 0.150 e. The van der Waals surface area contributed by atoms with Gasteiger partial charge in [-0.05, 0) is 42.2 Å². The minimum absolute atomic E-state index is 0.692. The molecule has 0 unspecified atom stereocenters. The zero-order chi connectivity index (χ0) is 11.5. The molecule has 0 bridgehead atoms. The van der Waals surface area contributed by atoms with Crippen molar-refractivity contribution in [2.24, 2.45) is 0 Å². The molecule has 1 aromatic rings. The number of ether oxygens (including phenoxy) is 1. The molecule has 0 aliphatic heterocycles. The maximum absolute atomic E-state index is 11.1. The van der Waals surface area contributed by atoms with Crippen molar-refractivity contribution >= 4 is 11.9 Å². The average Bonchev–Trinajstić information content (AvgIpc) is 2.74. The number of aldehydes is 1. The van der Waals surface area contributed by atoms with Gasteiger partial charge in [-0.1, -0.05) is 18.2 Å². The Morgan fingerprint density at radius 2 is 2.19 bits per heavy atom. The summed E-state index contributed by atoms with van der Waals surface area (Å²) in [7, 11) is 1.60. The van der Waals surface area contributed by atoms with Crippen LogP contribution in [0, 0.1) is 0 Å². The largest absolute Gasteiger partial charge is 0.497 e. The van der Waals surface area contributed by atoms with Crippen LogP contribution < -0.4 is 4.74 Å². The van der Waals surface area contributed by atoms with Crippen molar-refractivity contribution in [1.82, 2.24) is 0 Å². The van der Waals surface area contributed by atoms with E-state index in [-0.39, 0.29) is 0 Å². The minimum atomic E-state index is 0.692. The molecule has 0 fully saturated rings. The van der Waals surface area contributed by atoms with Gasteiger partial charge in [-0.25, -0.2) is 0 Å². The van der Waals surface area contributed by atoms with Crippen molar-refractivity contribution in [2.45, 2.75) is 13.3 Å². The average molecular weight is 214 g/mol. The van der Waals surface area contributed by atoms with Gasteiger partial charge in [-0.15, -0.1) is 0 Å². The van der Waals surface area contributed by atoms with Crippen molar-refractivity contribution in [3.8, 4) is 5.75 Å². The summed E-state index contributed by atoms with van der Waals surface area (Å²) in [5, 5.41) is 0. The second-order valence-corrected chi connectivity index (χ2v) is 3.84. The number of carbonyl (C=O) groups is 1. The molecule has 0 saturated carbocycles. The molecule has 82 valence electrons. The molecule has 2 rings (SSSR count). The maximum Gasteiger partial charge on any atom is 0.150 e. The van der Waals surface area contributed by atoms with Crippen LogP contribution in [0.4, 0.5) is 0 Å². The molecule has 0 heterocycles. The van der Waals surface area contributed by atoms with Crippen LogP contribution in [0.15, 0.2) is 35.9 Å². The van der Waals surface area contributed by atoms with Crippen LogP contribution >= 0.6 is 0 Å². The Morgan fingerprint density at radius 3 is 2.75 bits per heavy atom. The van der Waals surface area contributed by atoms with Crippen LogP contribution in [0.1, 0.15) is 29.3 Å². The van der Waals surface area contributed by atoms with Gasteiger partial charge in [0.1, 0.15) is 5.75 Å². The summed E-state index contributed by atoms with van der Waals surface area (Å²) in [6.45, 7) is 2.07. The van der Waals surface area contributed by atoms with Crippen LogP contribution in [0.25, 0.3) is 5.57 Å². The number of benzene rings is 1. The zero-order valence-corrected chi connectivity index (χ0v) is 9.49. The van der Waals surface area contributed by atoms with E-state index in [1.165, 1.54) is 11.1 Å². The van der Waals surface area contributed by atoms with Crippen molar-refractivity contribution < 1.29 is 9.53 Å². The molecule has 1 aliphatic carbocycles. The van der Waals surface area contributed by atoms with Crippen LogP contribution in [0.2, 0.25) is 0 Å². The monoisotopic (exact) mass is 214 g/mol. The third-order valence-electron chi connectivity index (χ3n) is 2.88.